The van der Waals surface area contributed by atoms with Crippen LogP contribution in [0.1, 0.15) is 31.9 Å². The van der Waals surface area contributed by atoms with E-state index in [1.165, 1.54) is 22.9 Å². The molecule has 3 rings (SSSR count). The maximum atomic E-state index is 11.0. The van der Waals surface area contributed by atoms with Crippen molar-refractivity contribution >= 4 is 17.7 Å². The summed E-state index contributed by atoms with van der Waals surface area (Å²) in [5.41, 5.74) is 4.45. The molecule has 0 aliphatic carbocycles. The Labute approximate surface area is 163 Å². The molecule has 0 atom stereocenters. The van der Waals surface area contributed by atoms with E-state index in [9.17, 15) is 4.79 Å². The second-order valence-electron chi connectivity index (χ2n) is 7.54. The number of hydrogen-bond acceptors (Lipinski definition) is 3. The number of carboxylic acid groups (broad SMARTS) is 1. The van der Waals surface area contributed by atoms with Gasteiger partial charge in [0.1, 0.15) is 11.4 Å². The Balaban J connectivity index is 2.07. The van der Waals surface area contributed by atoms with Crippen LogP contribution in [0, 0.1) is 6.92 Å². The number of H-pyrrole nitrogens is 1. The quantitative estimate of drug-likeness (QED) is 0.514. The summed E-state index contributed by atoms with van der Waals surface area (Å²) in [7, 11) is 0. The van der Waals surface area contributed by atoms with Crippen molar-refractivity contribution in [3.05, 3.63) is 59.7 Å². The second kappa shape index (κ2) is 7.56. The van der Waals surface area contributed by atoms with E-state index in [-0.39, 0.29) is 11.2 Å². The Kier molecular flexibility index (Phi) is 5.37. The number of thioether (sulfide) groups is 1. The van der Waals surface area contributed by atoms with Crippen LogP contribution in [-0.4, -0.2) is 27.0 Å². The fourth-order valence-electron chi connectivity index (χ4n) is 2.77. The summed E-state index contributed by atoms with van der Waals surface area (Å²) in [5, 5.41) is 17.1. The Morgan fingerprint density at radius 2 is 1.74 bits per heavy atom. The summed E-state index contributed by atoms with van der Waals surface area (Å²) in [6.45, 7) is 8.60. The predicted molar refractivity (Wildman–Crippen MR) is 107 cm³/mol. The lowest BCUT2D eigenvalue weighted by Crippen LogP contribution is -2.34. The molecule has 27 heavy (non-hydrogen) atoms. The molecule has 2 aromatic carbocycles. The van der Waals surface area contributed by atoms with Crippen LogP contribution >= 0.6 is 11.8 Å². The number of aromatic amines is 1. The van der Waals surface area contributed by atoms with Crippen molar-refractivity contribution in [2.75, 3.05) is 5.75 Å². The zero-order chi connectivity index (χ0) is 19.6. The van der Waals surface area contributed by atoms with E-state index in [0.717, 1.165) is 17.1 Å². The molecule has 1 aromatic heterocycles. The van der Waals surface area contributed by atoms with Gasteiger partial charge in [0.2, 0.25) is 0 Å². The molecule has 0 aliphatic heterocycles. The van der Waals surface area contributed by atoms with Gasteiger partial charge in [-0.25, -0.2) is 0 Å². The van der Waals surface area contributed by atoms with Crippen molar-refractivity contribution in [3.63, 3.8) is 0 Å². The monoisotopic (exact) mass is 382 g/mol. The molecule has 0 unspecified atom stereocenters. The van der Waals surface area contributed by atoms with Crippen molar-refractivity contribution in [3.8, 4) is 17.1 Å². The molecular formula is C21H24N3O2S+. The topological polar surface area (TPSA) is 69.9 Å². The molecule has 0 radical (unpaired) electrons. The lowest BCUT2D eigenvalue weighted by molar-refractivity contribution is -0.625. The summed E-state index contributed by atoms with van der Waals surface area (Å²) in [6, 6.07) is 16.5. The standard InChI is InChI=1S/C21H23N3O2S/c1-14-5-11-17(12-6-14)24-19(22-23-20(24)27-13-18(25)26)15-7-9-16(10-8-15)21(2,3)4/h5-12H,13H2,1-4H3,(H,25,26)/p+1. The number of aliphatic carboxylic acids is 1. The Morgan fingerprint density at radius 3 is 2.30 bits per heavy atom. The first-order chi connectivity index (χ1) is 12.8. The van der Waals surface area contributed by atoms with Crippen LogP contribution in [0.15, 0.2) is 53.7 Å². The normalized spacial score (nSPS) is 11.6. The Hall–Kier alpha value is -2.60. The molecule has 0 bridgehead atoms. The molecule has 2 N–H and O–H groups in total. The van der Waals surface area contributed by atoms with Crippen molar-refractivity contribution in [2.45, 2.75) is 38.3 Å². The van der Waals surface area contributed by atoms with Crippen molar-refractivity contribution < 1.29 is 14.5 Å². The van der Waals surface area contributed by atoms with E-state index in [1.807, 2.05) is 35.8 Å². The molecule has 1 heterocycles. The Morgan fingerprint density at radius 1 is 1.11 bits per heavy atom. The lowest BCUT2D eigenvalue weighted by atomic mass is 9.87. The number of hydrogen-bond donors (Lipinski definition) is 2. The molecule has 0 saturated carbocycles. The molecule has 140 valence electrons. The van der Waals surface area contributed by atoms with Gasteiger partial charge in [-0.3, -0.25) is 4.79 Å². The van der Waals surface area contributed by atoms with Crippen LogP contribution in [0.4, 0.5) is 0 Å². The lowest BCUT2D eigenvalue weighted by Gasteiger charge is -2.18. The number of carboxylic acids is 1. The molecule has 5 nitrogen and oxygen atoms in total. The summed E-state index contributed by atoms with van der Waals surface area (Å²) in [5.74, 6) is -0.0826. The molecule has 0 fully saturated rings. The van der Waals surface area contributed by atoms with Crippen LogP contribution < -0.4 is 4.57 Å². The van der Waals surface area contributed by atoms with E-state index in [0.29, 0.717) is 5.16 Å². The number of nitrogens with one attached hydrogen (secondary N) is 1. The second-order valence-corrected chi connectivity index (χ2v) is 8.48. The van der Waals surface area contributed by atoms with Gasteiger partial charge >= 0.3 is 11.1 Å². The molecule has 0 spiro atoms. The summed E-state index contributed by atoms with van der Waals surface area (Å²) < 4.78 is 1.97. The van der Waals surface area contributed by atoms with Crippen molar-refractivity contribution in [1.82, 2.24) is 10.2 Å². The third-order valence-electron chi connectivity index (χ3n) is 4.31. The van der Waals surface area contributed by atoms with Gasteiger partial charge in [0.25, 0.3) is 5.82 Å². The van der Waals surface area contributed by atoms with Crippen molar-refractivity contribution in [1.29, 1.82) is 0 Å². The summed E-state index contributed by atoms with van der Waals surface area (Å²) in [4.78, 5) is 11.0. The van der Waals surface area contributed by atoms with E-state index >= 15 is 0 Å². The van der Waals surface area contributed by atoms with E-state index in [4.69, 9.17) is 5.11 Å². The molecule has 0 amide bonds. The maximum absolute atomic E-state index is 11.0. The van der Waals surface area contributed by atoms with Crippen LogP contribution in [0.5, 0.6) is 0 Å². The summed E-state index contributed by atoms with van der Waals surface area (Å²) >= 11 is 1.20. The third kappa shape index (κ3) is 4.39. The number of aryl methyl sites for hydroxylation is 1. The largest absolute Gasteiger partial charge is 0.481 e. The first kappa shape index (κ1) is 19.2. The van der Waals surface area contributed by atoms with Gasteiger partial charge < -0.3 is 5.11 Å². The Bertz CT molecular complexity index is 939. The predicted octanol–water partition coefficient (Wildman–Crippen LogP) is 4.14. The first-order valence-electron chi connectivity index (χ1n) is 8.78. The highest BCUT2D eigenvalue weighted by Gasteiger charge is 2.25. The summed E-state index contributed by atoms with van der Waals surface area (Å²) in [6.07, 6.45) is 0. The molecule has 0 aliphatic rings. The fraction of sp³-hybridized carbons (Fsp3) is 0.286. The highest BCUT2D eigenvalue weighted by atomic mass is 32.2. The average molecular weight is 383 g/mol. The van der Waals surface area contributed by atoms with Gasteiger partial charge in [0.15, 0.2) is 0 Å². The number of nitrogens with zero attached hydrogens (tertiary/aromatic N) is 2. The van der Waals surface area contributed by atoms with Gasteiger partial charge in [-0.1, -0.05) is 50.6 Å². The van der Waals surface area contributed by atoms with Gasteiger partial charge in [-0.15, -0.1) is 5.10 Å². The molecule has 6 heteroatoms. The number of aromatic nitrogens is 3. The zero-order valence-electron chi connectivity index (χ0n) is 16.0. The third-order valence-corrected chi connectivity index (χ3v) is 5.24. The highest BCUT2D eigenvalue weighted by Crippen LogP contribution is 2.26. The highest BCUT2D eigenvalue weighted by molar-refractivity contribution is 7.99. The SMILES string of the molecule is Cc1ccc(-[n+]2c(SCC(=O)O)n[nH]c2-c2ccc(C(C)(C)C)cc2)cc1. The van der Waals surface area contributed by atoms with Gasteiger partial charge in [-0.2, -0.15) is 4.57 Å². The minimum absolute atomic E-state index is 0.0425. The van der Waals surface area contributed by atoms with Gasteiger partial charge in [-0.05, 0) is 53.9 Å². The van der Waals surface area contributed by atoms with Crippen LogP contribution in [0.3, 0.4) is 0 Å². The van der Waals surface area contributed by atoms with Crippen molar-refractivity contribution in [2.24, 2.45) is 0 Å². The van der Waals surface area contributed by atoms with Crippen LogP contribution in [0.2, 0.25) is 0 Å². The first-order valence-corrected chi connectivity index (χ1v) is 9.77. The minimum atomic E-state index is -0.866. The zero-order valence-corrected chi connectivity index (χ0v) is 16.8. The molecule has 0 saturated heterocycles. The number of benzene rings is 2. The van der Waals surface area contributed by atoms with E-state index in [2.05, 4.69) is 55.2 Å². The number of carbonyl (C=O) groups is 1. The number of rotatable bonds is 5. The van der Waals surface area contributed by atoms with Crippen LogP contribution in [0.25, 0.3) is 17.1 Å². The van der Waals surface area contributed by atoms with Gasteiger partial charge in [0.05, 0.1) is 10.7 Å². The minimum Gasteiger partial charge on any atom is -0.481 e. The fourth-order valence-corrected chi connectivity index (χ4v) is 3.46. The molecule has 3 aromatic rings. The average Bonchev–Trinajstić information content (AvgIpc) is 3.04. The molecular weight excluding hydrogens is 358 g/mol. The maximum Gasteiger partial charge on any atom is 0.342 e. The van der Waals surface area contributed by atoms with E-state index in [1.54, 1.807) is 0 Å². The van der Waals surface area contributed by atoms with Crippen LogP contribution in [-0.2, 0) is 10.2 Å². The smallest absolute Gasteiger partial charge is 0.342 e. The van der Waals surface area contributed by atoms with Gasteiger partial charge in [0, 0.05) is 0 Å². The van der Waals surface area contributed by atoms with E-state index < -0.39 is 5.97 Å².